The van der Waals surface area contributed by atoms with E-state index in [1.165, 1.54) is 6.07 Å². The Hall–Kier alpha value is -3.26. The minimum atomic E-state index is -4.42. The van der Waals surface area contributed by atoms with Gasteiger partial charge >= 0.3 is 6.18 Å². The molecule has 0 bridgehead atoms. The Morgan fingerprint density at radius 2 is 1.94 bits per heavy atom. The third-order valence-corrected chi connectivity index (χ3v) is 5.50. The van der Waals surface area contributed by atoms with E-state index in [0.717, 1.165) is 40.4 Å². The molecule has 1 aliphatic heterocycles. The van der Waals surface area contributed by atoms with Gasteiger partial charge in [0.2, 0.25) is 5.88 Å². The number of para-hydroxylation sites is 1. The van der Waals surface area contributed by atoms with Gasteiger partial charge in [-0.1, -0.05) is 24.3 Å². The second-order valence-corrected chi connectivity index (χ2v) is 7.56. The third-order valence-electron chi connectivity index (χ3n) is 5.50. The summed E-state index contributed by atoms with van der Waals surface area (Å²) in [6, 6.07) is 15.8. The van der Waals surface area contributed by atoms with Crippen LogP contribution in [0.2, 0.25) is 0 Å². The van der Waals surface area contributed by atoms with Crippen molar-refractivity contribution in [2.45, 2.75) is 25.3 Å². The number of pyridine rings is 1. The summed E-state index contributed by atoms with van der Waals surface area (Å²) in [7, 11) is 1.62. The first-order chi connectivity index (χ1) is 15.4. The molecule has 0 amide bonds. The zero-order chi connectivity index (χ0) is 22.7. The molecule has 0 aliphatic carbocycles. The van der Waals surface area contributed by atoms with E-state index in [0.29, 0.717) is 19.5 Å². The highest BCUT2D eigenvalue weighted by Crippen LogP contribution is 2.35. The van der Waals surface area contributed by atoms with E-state index >= 15 is 0 Å². The number of aliphatic hydroxyl groups excluding tert-OH is 1. The van der Waals surface area contributed by atoms with E-state index in [-0.39, 0.29) is 18.6 Å². The summed E-state index contributed by atoms with van der Waals surface area (Å²) in [4.78, 5) is 5.89. The van der Waals surface area contributed by atoms with Gasteiger partial charge in [0, 0.05) is 42.0 Å². The quantitative estimate of drug-likeness (QED) is 0.585. The highest BCUT2D eigenvalue weighted by atomic mass is 19.4. The Morgan fingerprint density at radius 3 is 2.62 bits per heavy atom. The van der Waals surface area contributed by atoms with Gasteiger partial charge in [-0.25, -0.2) is 4.98 Å². The number of nitrogens with zero attached hydrogens (tertiary/aromatic N) is 2. The molecule has 1 aliphatic rings. The Bertz CT molecular complexity index is 1070. The maximum atomic E-state index is 12.7. The second kappa shape index (κ2) is 9.08. The van der Waals surface area contributed by atoms with Crippen molar-refractivity contribution in [1.82, 2.24) is 4.98 Å². The van der Waals surface area contributed by atoms with E-state index < -0.39 is 11.7 Å². The monoisotopic (exact) mass is 444 g/mol. The fraction of sp³-hybridized carbons (Fsp3) is 0.292. The summed E-state index contributed by atoms with van der Waals surface area (Å²) in [5, 5.41) is 9.98. The molecule has 0 radical (unpaired) electrons. The standard InChI is InChI=1S/C24H23F3N2O3/c1-31-22-5-3-2-4-20(22)16-6-8-21(17(12-16)15-30)29-11-10-19(14-29)32-23-9-7-18(13-28-23)24(25,26)27/h2-9,12-13,19,30H,10-11,14-15H2,1H3. The van der Waals surface area contributed by atoms with Crippen LogP contribution in [-0.4, -0.2) is 36.4 Å². The first kappa shape index (κ1) is 22.0. The number of aromatic nitrogens is 1. The van der Waals surface area contributed by atoms with Crippen molar-refractivity contribution in [2.75, 3.05) is 25.1 Å². The van der Waals surface area contributed by atoms with Gasteiger partial charge in [0.05, 0.1) is 25.8 Å². The van der Waals surface area contributed by atoms with E-state index in [9.17, 15) is 18.3 Å². The second-order valence-electron chi connectivity index (χ2n) is 7.56. The van der Waals surface area contributed by atoms with Gasteiger partial charge in [0.1, 0.15) is 11.9 Å². The number of benzene rings is 2. The molecular weight excluding hydrogens is 421 g/mol. The lowest BCUT2D eigenvalue weighted by Crippen LogP contribution is -2.25. The summed E-state index contributed by atoms with van der Waals surface area (Å²) >= 11 is 0. The fourth-order valence-corrected chi connectivity index (χ4v) is 3.90. The first-order valence-corrected chi connectivity index (χ1v) is 10.2. The smallest absolute Gasteiger partial charge is 0.417 e. The molecule has 4 rings (SSSR count). The largest absolute Gasteiger partial charge is 0.496 e. The maximum absolute atomic E-state index is 12.7. The summed E-state index contributed by atoms with van der Waals surface area (Å²) in [6.07, 6.45) is -3.16. The van der Waals surface area contributed by atoms with Gasteiger partial charge in [0.25, 0.3) is 0 Å². The van der Waals surface area contributed by atoms with Crippen molar-refractivity contribution in [3.8, 4) is 22.8 Å². The van der Waals surface area contributed by atoms with Crippen LogP contribution in [0.4, 0.5) is 18.9 Å². The molecule has 3 aromatic rings. The predicted molar refractivity (Wildman–Crippen MR) is 115 cm³/mol. The minimum Gasteiger partial charge on any atom is -0.496 e. The van der Waals surface area contributed by atoms with Crippen LogP contribution in [0.3, 0.4) is 0 Å². The summed E-state index contributed by atoms with van der Waals surface area (Å²) in [5.74, 6) is 0.918. The Morgan fingerprint density at radius 1 is 1.12 bits per heavy atom. The van der Waals surface area contributed by atoms with Crippen LogP contribution in [0.5, 0.6) is 11.6 Å². The summed E-state index contributed by atoms with van der Waals surface area (Å²) in [6.45, 7) is 1.12. The minimum absolute atomic E-state index is 0.124. The molecule has 8 heteroatoms. The molecule has 2 aromatic carbocycles. The molecule has 1 saturated heterocycles. The Labute approximate surface area is 184 Å². The number of ether oxygens (including phenoxy) is 2. The average molecular weight is 444 g/mol. The fourth-order valence-electron chi connectivity index (χ4n) is 3.90. The van der Waals surface area contributed by atoms with Crippen molar-refractivity contribution < 1.29 is 27.8 Å². The number of rotatable bonds is 6. The van der Waals surface area contributed by atoms with Gasteiger partial charge in [-0.3, -0.25) is 0 Å². The van der Waals surface area contributed by atoms with Gasteiger partial charge in [-0.05, 0) is 29.8 Å². The number of alkyl halides is 3. The number of methoxy groups -OCH3 is 1. The normalized spacial score (nSPS) is 16.3. The zero-order valence-electron chi connectivity index (χ0n) is 17.5. The number of halogens is 3. The van der Waals surface area contributed by atoms with E-state index in [1.807, 2.05) is 42.5 Å². The lowest BCUT2D eigenvalue weighted by molar-refractivity contribution is -0.137. The number of aliphatic hydroxyl groups is 1. The van der Waals surface area contributed by atoms with E-state index in [1.54, 1.807) is 7.11 Å². The van der Waals surface area contributed by atoms with Gasteiger partial charge < -0.3 is 19.5 Å². The van der Waals surface area contributed by atoms with E-state index in [2.05, 4.69) is 9.88 Å². The van der Waals surface area contributed by atoms with Crippen LogP contribution in [0.25, 0.3) is 11.1 Å². The van der Waals surface area contributed by atoms with Crippen molar-refractivity contribution in [3.05, 3.63) is 71.9 Å². The van der Waals surface area contributed by atoms with Crippen molar-refractivity contribution in [1.29, 1.82) is 0 Å². The first-order valence-electron chi connectivity index (χ1n) is 10.2. The summed E-state index contributed by atoms with van der Waals surface area (Å²) in [5.41, 5.74) is 2.75. The van der Waals surface area contributed by atoms with Gasteiger partial charge in [0.15, 0.2) is 0 Å². The van der Waals surface area contributed by atoms with Crippen LogP contribution in [-0.2, 0) is 12.8 Å². The van der Waals surface area contributed by atoms with Crippen LogP contribution in [0, 0.1) is 0 Å². The lowest BCUT2D eigenvalue weighted by Gasteiger charge is -2.22. The predicted octanol–water partition coefficient (Wildman–Crippen LogP) is 4.93. The molecule has 5 nitrogen and oxygen atoms in total. The summed E-state index contributed by atoms with van der Waals surface area (Å²) < 4.78 is 49.3. The molecule has 0 saturated carbocycles. The third kappa shape index (κ3) is 4.65. The molecule has 1 unspecified atom stereocenters. The topological polar surface area (TPSA) is 54.8 Å². The van der Waals surface area contributed by atoms with Gasteiger partial charge in [-0.15, -0.1) is 0 Å². The molecular formula is C24H23F3N2O3. The van der Waals surface area contributed by atoms with Crippen LogP contribution in [0.1, 0.15) is 17.5 Å². The number of anilines is 1. The molecule has 1 N–H and O–H groups in total. The highest BCUT2D eigenvalue weighted by Gasteiger charge is 2.31. The molecule has 1 fully saturated rings. The number of hydrogen-bond donors (Lipinski definition) is 1. The molecule has 0 spiro atoms. The molecule has 168 valence electrons. The molecule has 32 heavy (non-hydrogen) atoms. The van der Waals surface area contributed by atoms with Gasteiger partial charge in [-0.2, -0.15) is 13.2 Å². The lowest BCUT2D eigenvalue weighted by atomic mass is 10.0. The van der Waals surface area contributed by atoms with E-state index in [4.69, 9.17) is 9.47 Å². The highest BCUT2D eigenvalue weighted by molar-refractivity contribution is 5.74. The van der Waals surface area contributed by atoms with Crippen molar-refractivity contribution in [3.63, 3.8) is 0 Å². The average Bonchev–Trinajstić information content (AvgIpc) is 3.26. The van der Waals surface area contributed by atoms with Crippen LogP contribution in [0.15, 0.2) is 60.8 Å². The Balaban J connectivity index is 1.48. The van der Waals surface area contributed by atoms with Crippen molar-refractivity contribution in [2.24, 2.45) is 0 Å². The van der Waals surface area contributed by atoms with Crippen LogP contribution >= 0.6 is 0 Å². The zero-order valence-corrected chi connectivity index (χ0v) is 17.5. The van der Waals surface area contributed by atoms with Crippen LogP contribution < -0.4 is 14.4 Å². The maximum Gasteiger partial charge on any atom is 0.417 e. The molecule has 1 atom stereocenters. The van der Waals surface area contributed by atoms with Crippen molar-refractivity contribution >= 4 is 5.69 Å². The SMILES string of the molecule is COc1ccccc1-c1ccc(N2CCC(Oc3ccc(C(F)(F)F)cn3)C2)c(CO)c1. The molecule has 1 aromatic heterocycles. The number of hydrogen-bond acceptors (Lipinski definition) is 5. The Kier molecular flexibility index (Phi) is 6.23. The molecule has 2 heterocycles.